The van der Waals surface area contributed by atoms with Gasteiger partial charge in [0.15, 0.2) is 0 Å². The minimum atomic E-state index is 0.431. The van der Waals surface area contributed by atoms with Gasteiger partial charge in [0, 0.05) is 0 Å². The van der Waals surface area contributed by atoms with E-state index in [-0.39, 0.29) is 0 Å². The second kappa shape index (κ2) is 5.81. The van der Waals surface area contributed by atoms with Gasteiger partial charge in [-0.1, -0.05) is 45.1 Å². The first-order chi connectivity index (χ1) is 9.03. The Bertz CT molecular complexity index is 428. The third-order valence-corrected chi connectivity index (χ3v) is 4.63. The van der Waals surface area contributed by atoms with Gasteiger partial charge < -0.3 is 4.74 Å². The Labute approximate surface area is 117 Å². The highest BCUT2D eigenvalue weighted by Crippen LogP contribution is 2.42. The molecule has 1 nitrogen and oxygen atoms in total. The summed E-state index contributed by atoms with van der Waals surface area (Å²) >= 11 is 0. The molecule has 0 saturated carbocycles. The third-order valence-electron chi connectivity index (χ3n) is 4.63. The van der Waals surface area contributed by atoms with Crippen molar-refractivity contribution in [3.8, 4) is 5.75 Å². The molecule has 0 fully saturated rings. The van der Waals surface area contributed by atoms with Crippen molar-refractivity contribution in [1.29, 1.82) is 0 Å². The molecule has 0 heterocycles. The maximum atomic E-state index is 5.20. The van der Waals surface area contributed by atoms with Gasteiger partial charge in [-0.25, -0.2) is 0 Å². The predicted molar refractivity (Wildman–Crippen MR) is 81.5 cm³/mol. The molecular formula is C18H26O. The van der Waals surface area contributed by atoms with Crippen molar-refractivity contribution in [2.24, 2.45) is 17.3 Å². The summed E-state index contributed by atoms with van der Waals surface area (Å²) in [5.74, 6) is 2.42. The van der Waals surface area contributed by atoms with Crippen LogP contribution in [0.2, 0.25) is 0 Å². The number of aryl methyl sites for hydroxylation is 1. The average Bonchev–Trinajstić information content (AvgIpc) is 2.38. The van der Waals surface area contributed by atoms with Crippen LogP contribution in [0.15, 0.2) is 36.4 Å². The van der Waals surface area contributed by atoms with Crippen molar-refractivity contribution in [3.05, 3.63) is 42.0 Å². The van der Waals surface area contributed by atoms with Gasteiger partial charge in [-0.05, 0) is 54.2 Å². The van der Waals surface area contributed by atoms with E-state index in [1.54, 1.807) is 7.11 Å². The highest BCUT2D eigenvalue weighted by atomic mass is 16.5. The molecule has 19 heavy (non-hydrogen) atoms. The van der Waals surface area contributed by atoms with Crippen LogP contribution in [0.5, 0.6) is 5.75 Å². The molecule has 0 saturated heterocycles. The van der Waals surface area contributed by atoms with Crippen molar-refractivity contribution in [3.63, 3.8) is 0 Å². The molecule has 104 valence electrons. The molecule has 1 aliphatic carbocycles. The van der Waals surface area contributed by atoms with Gasteiger partial charge in [0.05, 0.1) is 7.11 Å². The SMILES string of the molecule is COc1ccc(CC[C@@H]2[C@H](C)C=CCC2(C)C)cc1. The van der Waals surface area contributed by atoms with Crippen molar-refractivity contribution in [2.45, 2.75) is 40.0 Å². The van der Waals surface area contributed by atoms with Crippen LogP contribution in [0.25, 0.3) is 0 Å². The number of allylic oxidation sites excluding steroid dienone is 2. The summed E-state index contributed by atoms with van der Waals surface area (Å²) in [6.45, 7) is 7.17. The molecule has 1 heteroatoms. The van der Waals surface area contributed by atoms with Crippen LogP contribution >= 0.6 is 0 Å². The lowest BCUT2D eigenvalue weighted by atomic mass is 9.65. The van der Waals surface area contributed by atoms with E-state index in [0.29, 0.717) is 11.3 Å². The molecule has 0 unspecified atom stereocenters. The molecule has 0 aliphatic heterocycles. The number of benzene rings is 1. The molecule has 0 radical (unpaired) electrons. The highest BCUT2D eigenvalue weighted by molar-refractivity contribution is 5.27. The quantitative estimate of drug-likeness (QED) is 0.700. The van der Waals surface area contributed by atoms with Crippen LogP contribution in [-0.4, -0.2) is 7.11 Å². The number of hydrogen-bond donors (Lipinski definition) is 0. The maximum Gasteiger partial charge on any atom is 0.118 e. The lowest BCUT2D eigenvalue weighted by molar-refractivity contribution is 0.149. The van der Waals surface area contributed by atoms with E-state index in [9.17, 15) is 0 Å². The van der Waals surface area contributed by atoms with Gasteiger partial charge in [-0.2, -0.15) is 0 Å². The molecule has 2 atom stereocenters. The smallest absolute Gasteiger partial charge is 0.118 e. The van der Waals surface area contributed by atoms with E-state index < -0.39 is 0 Å². The van der Waals surface area contributed by atoms with Crippen molar-refractivity contribution >= 4 is 0 Å². The molecule has 1 aromatic rings. The van der Waals surface area contributed by atoms with Gasteiger partial charge in [0.25, 0.3) is 0 Å². The van der Waals surface area contributed by atoms with Crippen molar-refractivity contribution < 1.29 is 4.74 Å². The summed E-state index contributed by atoms with van der Waals surface area (Å²) in [6.07, 6.45) is 8.39. The monoisotopic (exact) mass is 258 g/mol. The summed E-state index contributed by atoms with van der Waals surface area (Å²) < 4.78 is 5.20. The first-order valence-corrected chi connectivity index (χ1v) is 7.32. The van der Waals surface area contributed by atoms with Gasteiger partial charge in [0.2, 0.25) is 0 Å². The van der Waals surface area contributed by atoms with Crippen LogP contribution in [-0.2, 0) is 6.42 Å². The van der Waals surface area contributed by atoms with Gasteiger partial charge in [-0.15, -0.1) is 0 Å². The highest BCUT2D eigenvalue weighted by Gasteiger charge is 2.33. The summed E-state index contributed by atoms with van der Waals surface area (Å²) in [6, 6.07) is 8.50. The molecule has 0 aromatic heterocycles. The number of rotatable bonds is 4. The van der Waals surface area contributed by atoms with Crippen LogP contribution in [0.4, 0.5) is 0 Å². The zero-order valence-electron chi connectivity index (χ0n) is 12.6. The van der Waals surface area contributed by atoms with Crippen molar-refractivity contribution in [2.75, 3.05) is 7.11 Å². The van der Waals surface area contributed by atoms with E-state index in [0.717, 1.165) is 18.1 Å². The molecule has 1 aromatic carbocycles. The molecule has 0 bridgehead atoms. The average molecular weight is 258 g/mol. The molecule has 0 N–H and O–H groups in total. The van der Waals surface area contributed by atoms with E-state index in [4.69, 9.17) is 4.74 Å². The zero-order valence-corrected chi connectivity index (χ0v) is 12.6. The molecule has 0 amide bonds. The normalized spacial score (nSPS) is 25.3. The van der Waals surface area contributed by atoms with Crippen LogP contribution < -0.4 is 4.74 Å². The topological polar surface area (TPSA) is 9.23 Å². The predicted octanol–water partition coefficient (Wildman–Crippen LogP) is 4.87. The maximum absolute atomic E-state index is 5.20. The Morgan fingerprint density at radius 1 is 1.21 bits per heavy atom. The first kappa shape index (κ1) is 14.2. The Morgan fingerprint density at radius 3 is 2.47 bits per heavy atom. The second-order valence-electron chi connectivity index (χ2n) is 6.47. The van der Waals surface area contributed by atoms with Crippen LogP contribution in [0, 0.1) is 17.3 Å². The third kappa shape index (κ3) is 3.40. The Hall–Kier alpha value is -1.24. The Kier molecular flexibility index (Phi) is 4.34. The minimum absolute atomic E-state index is 0.431. The fourth-order valence-electron chi connectivity index (χ4n) is 3.35. The van der Waals surface area contributed by atoms with E-state index >= 15 is 0 Å². The standard InChI is InChI=1S/C18H26O/c1-14-6-5-13-18(2,3)17(14)12-9-15-7-10-16(19-4)11-8-15/h5-8,10-11,14,17H,9,12-13H2,1-4H3/t14-,17-/m1/s1. The lowest BCUT2D eigenvalue weighted by Crippen LogP contribution is -2.31. The molecule has 0 spiro atoms. The largest absolute Gasteiger partial charge is 0.497 e. The second-order valence-corrected chi connectivity index (χ2v) is 6.47. The zero-order chi connectivity index (χ0) is 13.9. The summed E-state index contributed by atoms with van der Waals surface area (Å²) in [5.41, 5.74) is 1.85. The van der Waals surface area contributed by atoms with Crippen LogP contribution in [0.3, 0.4) is 0 Å². The molecule has 1 aliphatic rings. The van der Waals surface area contributed by atoms with Crippen molar-refractivity contribution in [1.82, 2.24) is 0 Å². The Morgan fingerprint density at radius 2 is 1.89 bits per heavy atom. The number of ether oxygens (including phenoxy) is 1. The summed E-state index contributed by atoms with van der Waals surface area (Å²) in [7, 11) is 1.72. The number of methoxy groups -OCH3 is 1. The van der Waals surface area contributed by atoms with E-state index in [1.165, 1.54) is 18.4 Å². The fraction of sp³-hybridized carbons (Fsp3) is 0.556. The van der Waals surface area contributed by atoms with Crippen LogP contribution in [0.1, 0.15) is 39.2 Å². The van der Waals surface area contributed by atoms with Gasteiger partial charge in [0.1, 0.15) is 5.75 Å². The number of hydrogen-bond acceptors (Lipinski definition) is 1. The summed E-state index contributed by atoms with van der Waals surface area (Å²) in [5, 5.41) is 0. The van der Waals surface area contributed by atoms with Gasteiger partial charge in [-0.3, -0.25) is 0 Å². The summed E-state index contributed by atoms with van der Waals surface area (Å²) in [4.78, 5) is 0. The Balaban J connectivity index is 1.98. The van der Waals surface area contributed by atoms with Gasteiger partial charge >= 0.3 is 0 Å². The molecular weight excluding hydrogens is 232 g/mol. The fourth-order valence-corrected chi connectivity index (χ4v) is 3.35. The van der Waals surface area contributed by atoms with E-state index in [1.807, 2.05) is 0 Å². The lowest BCUT2D eigenvalue weighted by Gasteiger charge is -2.40. The van der Waals surface area contributed by atoms with E-state index in [2.05, 4.69) is 57.2 Å². The molecule has 2 rings (SSSR count). The first-order valence-electron chi connectivity index (χ1n) is 7.32. The minimum Gasteiger partial charge on any atom is -0.497 e.